The van der Waals surface area contributed by atoms with E-state index in [9.17, 15) is 14.0 Å². The average molecular weight is 403 g/mol. The van der Waals surface area contributed by atoms with Crippen molar-refractivity contribution in [1.29, 1.82) is 0 Å². The highest BCUT2D eigenvalue weighted by Crippen LogP contribution is 2.32. The van der Waals surface area contributed by atoms with Crippen LogP contribution in [-0.4, -0.2) is 54.6 Å². The van der Waals surface area contributed by atoms with Crippen molar-refractivity contribution in [1.82, 2.24) is 15.1 Å². The molecule has 0 spiro atoms. The molecule has 0 aliphatic carbocycles. The molecule has 7 heteroatoms. The number of halogens is 1. The smallest absolute Gasteiger partial charge is 0.338 e. The molecule has 0 bridgehead atoms. The number of carbonyl (C=O) groups is 2. The molecule has 1 atom stereocenters. The number of likely N-dealkylation sites (tertiary alicyclic amines) is 1. The Morgan fingerprint density at radius 1 is 1.21 bits per heavy atom. The minimum Gasteiger partial charge on any atom is -0.463 e. The van der Waals surface area contributed by atoms with E-state index < -0.39 is 12.0 Å². The first-order valence-electron chi connectivity index (χ1n) is 10.4. The molecule has 0 saturated carbocycles. The van der Waals surface area contributed by atoms with E-state index in [0.717, 1.165) is 25.9 Å². The highest BCUT2D eigenvalue weighted by molar-refractivity contribution is 5.95. The summed E-state index contributed by atoms with van der Waals surface area (Å²) in [6.45, 7) is 8.96. The number of urea groups is 1. The topological polar surface area (TPSA) is 61.9 Å². The number of hydrogen-bond donors (Lipinski definition) is 1. The van der Waals surface area contributed by atoms with Gasteiger partial charge in [-0.25, -0.2) is 14.0 Å². The van der Waals surface area contributed by atoms with Crippen molar-refractivity contribution >= 4 is 12.0 Å². The Balaban J connectivity index is 2.04. The van der Waals surface area contributed by atoms with Gasteiger partial charge in [0, 0.05) is 18.8 Å². The fourth-order valence-electron chi connectivity index (χ4n) is 3.99. The molecule has 3 rings (SSSR count). The minimum atomic E-state index is -0.663. The standard InChI is InChI=1S/C22H30FN3O3/c1-4-26-18(14-25-12-10-15(3)11-13-25)19(21(27)29-5-2)20(24-22(26)28)16-6-8-17(23)9-7-16/h6-9,15,20H,4-5,10-14H2,1-3H3,(H,24,28)/t20-/m0/s1. The Bertz CT molecular complexity index is 770. The summed E-state index contributed by atoms with van der Waals surface area (Å²) in [5, 5.41) is 2.90. The number of rotatable bonds is 6. The zero-order valence-electron chi connectivity index (χ0n) is 17.4. The first kappa shape index (κ1) is 21.3. The predicted octanol–water partition coefficient (Wildman–Crippen LogP) is 3.46. The van der Waals surface area contributed by atoms with Crippen LogP contribution >= 0.6 is 0 Å². The number of nitrogens with one attached hydrogen (secondary N) is 1. The van der Waals surface area contributed by atoms with Gasteiger partial charge in [0.15, 0.2) is 0 Å². The van der Waals surface area contributed by atoms with Crippen molar-refractivity contribution in [3.63, 3.8) is 0 Å². The second kappa shape index (κ2) is 9.39. The third-order valence-electron chi connectivity index (χ3n) is 5.70. The highest BCUT2D eigenvalue weighted by atomic mass is 19.1. The summed E-state index contributed by atoms with van der Waals surface area (Å²) in [7, 11) is 0. The molecule has 6 nitrogen and oxygen atoms in total. The summed E-state index contributed by atoms with van der Waals surface area (Å²) in [6, 6.07) is 4.95. The van der Waals surface area contributed by atoms with Gasteiger partial charge in [0.25, 0.3) is 0 Å². The van der Waals surface area contributed by atoms with Gasteiger partial charge in [-0.15, -0.1) is 0 Å². The normalized spacial score (nSPS) is 21.3. The van der Waals surface area contributed by atoms with Crippen LogP contribution in [0.15, 0.2) is 35.5 Å². The number of ether oxygens (including phenoxy) is 1. The molecular formula is C22H30FN3O3. The largest absolute Gasteiger partial charge is 0.463 e. The summed E-state index contributed by atoms with van der Waals surface area (Å²) in [5.41, 5.74) is 1.76. The first-order chi connectivity index (χ1) is 13.9. The lowest BCUT2D eigenvalue weighted by Crippen LogP contribution is -2.51. The van der Waals surface area contributed by atoms with Crippen molar-refractivity contribution in [2.24, 2.45) is 5.92 Å². The summed E-state index contributed by atoms with van der Waals surface area (Å²) < 4.78 is 18.8. The molecule has 1 saturated heterocycles. The second-order valence-electron chi connectivity index (χ2n) is 7.72. The third-order valence-corrected chi connectivity index (χ3v) is 5.70. The highest BCUT2D eigenvalue weighted by Gasteiger charge is 2.38. The van der Waals surface area contributed by atoms with Crippen molar-refractivity contribution in [2.45, 2.75) is 39.7 Å². The van der Waals surface area contributed by atoms with E-state index in [4.69, 9.17) is 4.74 Å². The van der Waals surface area contributed by atoms with Crippen LogP contribution in [0.2, 0.25) is 0 Å². The van der Waals surface area contributed by atoms with Gasteiger partial charge in [-0.3, -0.25) is 9.80 Å². The molecule has 0 aromatic heterocycles. The van der Waals surface area contributed by atoms with E-state index >= 15 is 0 Å². The minimum absolute atomic E-state index is 0.243. The Hall–Kier alpha value is -2.41. The summed E-state index contributed by atoms with van der Waals surface area (Å²) in [4.78, 5) is 29.7. The fraction of sp³-hybridized carbons (Fsp3) is 0.545. The van der Waals surface area contributed by atoms with Gasteiger partial charge in [-0.2, -0.15) is 0 Å². The first-order valence-corrected chi connectivity index (χ1v) is 10.4. The molecular weight excluding hydrogens is 373 g/mol. The van der Waals surface area contributed by atoms with Crippen LogP contribution in [-0.2, 0) is 9.53 Å². The van der Waals surface area contributed by atoms with Gasteiger partial charge in [-0.05, 0) is 63.4 Å². The molecule has 0 radical (unpaired) electrons. The number of likely N-dealkylation sites (N-methyl/N-ethyl adjacent to an activating group) is 1. The van der Waals surface area contributed by atoms with E-state index in [1.54, 1.807) is 24.0 Å². The van der Waals surface area contributed by atoms with Gasteiger partial charge in [0.05, 0.1) is 18.2 Å². The van der Waals surface area contributed by atoms with Crippen molar-refractivity contribution in [3.05, 3.63) is 46.9 Å². The number of amides is 2. The molecule has 1 aromatic rings. The van der Waals surface area contributed by atoms with Crippen molar-refractivity contribution in [2.75, 3.05) is 32.8 Å². The van der Waals surface area contributed by atoms with Crippen LogP contribution in [0.4, 0.5) is 9.18 Å². The Morgan fingerprint density at radius 3 is 2.45 bits per heavy atom. The summed E-state index contributed by atoms with van der Waals surface area (Å²) in [5.74, 6) is -0.121. The fourth-order valence-corrected chi connectivity index (χ4v) is 3.99. The van der Waals surface area contributed by atoms with Gasteiger partial charge in [-0.1, -0.05) is 19.1 Å². The molecule has 2 heterocycles. The Morgan fingerprint density at radius 2 is 1.86 bits per heavy atom. The van der Waals surface area contributed by atoms with Gasteiger partial charge >= 0.3 is 12.0 Å². The van der Waals surface area contributed by atoms with Crippen LogP contribution < -0.4 is 5.32 Å². The maximum atomic E-state index is 13.4. The molecule has 1 aromatic carbocycles. The number of piperidine rings is 1. The third kappa shape index (κ3) is 4.78. The molecule has 0 unspecified atom stereocenters. The van der Waals surface area contributed by atoms with Crippen LogP contribution in [0.3, 0.4) is 0 Å². The number of benzene rings is 1. The SMILES string of the molecule is CCOC(=O)C1=C(CN2CCC(C)CC2)N(CC)C(=O)N[C@H]1c1ccc(F)cc1. The monoisotopic (exact) mass is 403 g/mol. The van der Waals surface area contributed by atoms with Gasteiger partial charge in [0.1, 0.15) is 5.82 Å². The number of esters is 1. The lowest BCUT2D eigenvalue weighted by atomic mass is 9.93. The quantitative estimate of drug-likeness (QED) is 0.739. The maximum absolute atomic E-state index is 13.4. The zero-order valence-corrected chi connectivity index (χ0v) is 17.4. The Kier molecular flexibility index (Phi) is 6.90. The molecule has 1 fully saturated rings. The molecule has 2 aliphatic rings. The molecule has 158 valence electrons. The number of nitrogens with zero attached hydrogens (tertiary/aromatic N) is 2. The Labute approximate surface area is 171 Å². The summed E-state index contributed by atoms with van der Waals surface area (Å²) in [6.07, 6.45) is 2.20. The van der Waals surface area contributed by atoms with Crippen LogP contribution in [0, 0.1) is 11.7 Å². The van der Waals surface area contributed by atoms with E-state index in [1.807, 2.05) is 6.92 Å². The molecule has 29 heavy (non-hydrogen) atoms. The van der Waals surface area contributed by atoms with E-state index in [2.05, 4.69) is 17.1 Å². The number of carbonyl (C=O) groups excluding carboxylic acids is 2. The van der Waals surface area contributed by atoms with Crippen molar-refractivity contribution < 1.29 is 18.7 Å². The summed E-state index contributed by atoms with van der Waals surface area (Å²) >= 11 is 0. The second-order valence-corrected chi connectivity index (χ2v) is 7.72. The van der Waals surface area contributed by atoms with Crippen LogP contribution in [0.5, 0.6) is 0 Å². The van der Waals surface area contributed by atoms with E-state index in [0.29, 0.717) is 35.8 Å². The lowest BCUT2D eigenvalue weighted by molar-refractivity contribution is -0.139. The molecule has 2 aliphatic heterocycles. The number of hydrogen-bond acceptors (Lipinski definition) is 4. The molecule has 1 N–H and O–H groups in total. The zero-order chi connectivity index (χ0) is 21.0. The van der Waals surface area contributed by atoms with Gasteiger partial charge < -0.3 is 10.1 Å². The average Bonchev–Trinajstić information content (AvgIpc) is 2.70. The van der Waals surface area contributed by atoms with Gasteiger partial charge in [0.2, 0.25) is 0 Å². The predicted molar refractivity (Wildman–Crippen MR) is 109 cm³/mol. The van der Waals surface area contributed by atoms with E-state index in [-0.39, 0.29) is 18.5 Å². The van der Waals surface area contributed by atoms with Crippen molar-refractivity contribution in [3.8, 4) is 0 Å². The lowest BCUT2D eigenvalue weighted by Gasteiger charge is -2.39. The maximum Gasteiger partial charge on any atom is 0.338 e. The van der Waals surface area contributed by atoms with Crippen LogP contribution in [0.25, 0.3) is 0 Å². The van der Waals surface area contributed by atoms with Crippen LogP contribution in [0.1, 0.15) is 45.2 Å². The van der Waals surface area contributed by atoms with E-state index in [1.165, 1.54) is 12.1 Å². The molecule has 2 amide bonds.